The Hall–Kier alpha value is -0.780. The molecule has 4 nitrogen and oxygen atoms in total. The first-order chi connectivity index (χ1) is 8.99. The molecule has 1 N–H and O–H groups in total. The lowest BCUT2D eigenvalue weighted by molar-refractivity contribution is 0.163. The molecule has 108 valence electrons. The van der Waals surface area contributed by atoms with Crippen molar-refractivity contribution in [3.05, 3.63) is 22.2 Å². The summed E-state index contributed by atoms with van der Waals surface area (Å²) in [6.07, 6.45) is 0.498. The maximum atomic E-state index is 9.30. The molecule has 0 saturated carbocycles. The van der Waals surface area contributed by atoms with Crippen molar-refractivity contribution in [1.29, 1.82) is 0 Å². The predicted octanol–water partition coefficient (Wildman–Crippen LogP) is 2.67. The summed E-state index contributed by atoms with van der Waals surface area (Å²) in [6.45, 7) is 3.44. The first-order valence-electron chi connectivity index (χ1n) is 6.25. The topological polar surface area (TPSA) is 41.9 Å². The molecular weight excluding hydrogens is 310 g/mol. The molecule has 0 fully saturated rings. The molecule has 0 aliphatic rings. The fourth-order valence-electron chi connectivity index (χ4n) is 1.83. The maximum absolute atomic E-state index is 9.30. The highest BCUT2D eigenvalue weighted by atomic mass is 79.9. The van der Waals surface area contributed by atoms with Gasteiger partial charge in [0.1, 0.15) is 0 Å². The molecule has 1 aromatic carbocycles. The van der Waals surface area contributed by atoms with E-state index in [-0.39, 0.29) is 6.10 Å². The number of halogens is 1. The van der Waals surface area contributed by atoms with Gasteiger partial charge in [-0.05, 0) is 48.0 Å². The summed E-state index contributed by atoms with van der Waals surface area (Å²) in [7, 11) is 5.29. The van der Waals surface area contributed by atoms with Gasteiger partial charge in [-0.1, -0.05) is 6.07 Å². The summed E-state index contributed by atoms with van der Waals surface area (Å²) in [4.78, 5) is 2.17. The van der Waals surface area contributed by atoms with Crippen LogP contribution in [0, 0.1) is 0 Å². The van der Waals surface area contributed by atoms with Crippen molar-refractivity contribution in [2.24, 2.45) is 0 Å². The molecule has 0 aromatic heterocycles. The van der Waals surface area contributed by atoms with Crippen LogP contribution >= 0.6 is 15.9 Å². The fraction of sp³-hybridized carbons (Fsp3) is 0.571. The number of rotatable bonds is 7. The number of aliphatic hydroxyl groups is 1. The monoisotopic (exact) mass is 331 g/mol. The summed E-state index contributed by atoms with van der Waals surface area (Å²) < 4.78 is 11.5. The molecule has 1 unspecified atom stereocenters. The molecule has 5 heteroatoms. The van der Waals surface area contributed by atoms with Crippen molar-refractivity contribution in [3.8, 4) is 11.5 Å². The van der Waals surface area contributed by atoms with Gasteiger partial charge in [-0.15, -0.1) is 0 Å². The Morgan fingerprint density at radius 3 is 2.53 bits per heavy atom. The lowest BCUT2D eigenvalue weighted by Crippen LogP contribution is -2.22. The highest BCUT2D eigenvalue weighted by molar-refractivity contribution is 9.10. The molecule has 0 heterocycles. The number of methoxy groups -OCH3 is 2. The summed E-state index contributed by atoms with van der Waals surface area (Å²) in [5.41, 5.74) is 1.13. The fourth-order valence-corrected chi connectivity index (χ4v) is 2.44. The minimum Gasteiger partial charge on any atom is -0.493 e. The van der Waals surface area contributed by atoms with Crippen LogP contribution in [0.5, 0.6) is 11.5 Å². The number of aliphatic hydroxyl groups excluding tert-OH is 1. The molecular formula is C14H22BrNO3. The van der Waals surface area contributed by atoms with Crippen LogP contribution in [-0.2, 0) is 6.54 Å². The van der Waals surface area contributed by atoms with E-state index in [1.54, 1.807) is 21.1 Å². The van der Waals surface area contributed by atoms with Crippen LogP contribution in [0.3, 0.4) is 0 Å². The predicted molar refractivity (Wildman–Crippen MR) is 79.9 cm³/mol. The average molecular weight is 332 g/mol. The van der Waals surface area contributed by atoms with Crippen LogP contribution in [0.25, 0.3) is 0 Å². The van der Waals surface area contributed by atoms with Gasteiger partial charge in [0.05, 0.1) is 24.8 Å². The molecule has 0 radical (unpaired) electrons. The van der Waals surface area contributed by atoms with E-state index in [2.05, 4.69) is 20.8 Å². The average Bonchev–Trinajstić information content (AvgIpc) is 2.38. The number of benzene rings is 1. The van der Waals surface area contributed by atoms with Gasteiger partial charge >= 0.3 is 0 Å². The molecule has 0 amide bonds. The van der Waals surface area contributed by atoms with Gasteiger partial charge in [-0.3, -0.25) is 0 Å². The molecule has 1 rings (SSSR count). The van der Waals surface area contributed by atoms with Crippen LogP contribution in [0.1, 0.15) is 18.9 Å². The largest absolute Gasteiger partial charge is 0.493 e. The van der Waals surface area contributed by atoms with Gasteiger partial charge in [0, 0.05) is 13.1 Å². The number of hydrogen-bond donors (Lipinski definition) is 1. The second-order valence-corrected chi connectivity index (χ2v) is 5.44. The maximum Gasteiger partial charge on any atom is 0.175 e. The molecule has 0 spiro atoms. The zero-order valence-corrected chi connectivity index (χ0v) is 13.5. The Bertz CT molecular complexity index is 410. The van der Waals surface area contributed by atoms with Crippen LogP contribution in [0.4, 0.5) is 0 Å². The zero-order valence-electron chi connectivity index (χ0n) is 11.9. The van der Waals surface area contributed by atoms with Gasteiger partial charge in [-0.2, -0.15) is 0 Å². The second kappa shape index (κ2) is 7.72. The van der Waals surface area contributed by atoms with E-state index in [4.69, 9.17) is 9.47 Å². The Labute approximate surface area is 123 Å². The summed E-state index contributed by atoms with van der Waals surface area (Å²) in [5, 5.41) is 9.30. The highest BCUT2D eigenvalue weighted by Crippen LogP contribution is 2.37. The van der Waals surface area contributed by atoms with Crippen LogP contribution < -0.4 is 9.47 Å². The van der Waals surface area contributed by atoms with Crippen molar-refractivity contribution >= 4 is 15.9 Å². The van der Waals surface area contributed by atoms with Crippen LogP contribution in [0.15, 0.2) is 16.6 Å². The van der Waals surface area contributed by atoms with Crippen molar-refractivity contribution in [2.45, 2.75) is 26.0 Å². The third-order valence-corrected chi connectivity index (χ3v) is 3.80. The highest BCUT2D eigenvalue weighted by Gasteiger charge is 2.14. The smallest absolute Gasteiger partial charge is 0.175 e. The quantitative estimate of drug-likeness (QED) is 0.834. The van der Waals surface area contributed by atoms with Crippen molar-refractivity contribution < 1.29 is 14.6 Å². The lowest BCUT2D eigenvalue weighted by atomic mass is 10.2. The lowest BCUT2D eigenvalue weighted by Gasteiger charge is -2.20. The number of ether oxygens (including phenoxy) is 2. The van der Waals surface area contributed by atoms with Crippen molar-refractivity contribution in [1.82, 2.24) is 4.90 Å². The first-order valence-corrected chi connectivity index (χ1v) is 7.04. The number of hydrogen-bond acceptors (Lipinski definition) is 4. The minimum absolute atomic E-state index is 0.267. The van der Waals surface area contributed by atoms with E-state index in [9.17, 15) is 5.11 Å². The molecule has 19 heavy (non-hydrogen) atoms. The summed E-state index contributed by atoms with van der Waals surface area (Å²) in [6, 6.07) is 3.92. The first kappa shape index (κ1) is 16.3. The van der Waals surface area contributed by atoms with Crippen LogP contribution in [-0.4, -0.2) is 43.9 Å². The molecule has 1 atom stereocenters. The zero-order chi connectivity index (χ0) is 14.4. The Balaban J connectivity index is 2.78. The van der Waals surface area contributed by atoms with Crippen molar-refractivity contribution in [3.63, 3.8) is 0 Å². The standard InChI is InChI=1S/C14H22BrNO3/c1-10(17)7-8-16(2)9-11-5-6-12(18-3)14(19-4)13(11)15/h5-6,10,17H,7-9H2,1-4H3. The third-order valence-electron chi connectivity index (χ3n) is 2.93. The Kier molecular flexibility index (Phi) is 6.62. The van der Waals surface area contributed by atoms with Gasteiger partial charge in [0.15, 0.2) is 11.5 Å². The normalized spacial score (nSPS) is 12.6. The Morgan fingerprint density at radius 2 is 2.00 bits per heavy atom. The molecule has 0 bridgehead atoms. The van der Waals surface area contributed by atoms with E-state index < -0.39 is 0 Å². The second-order valence-electron chi connectivity index (χ2n) is 4.65. The van der Waals surface area contributed by atoms with Gasteiger partial charge < -0.3 is 19.5 Å². The summed E-state index contributed by atoms with van der Waals surface area (Å²) in [5.74, 6) is 1.42. The van der Waals surface area contributed by atoms with Crippen LogP contribution in [0.2, 0.25) is 0 Å². The van der Waals surface area contributed by atoms with E-state index in [0.29, 0.717) is 11.5 Å². The van der Waals surface area contributed by atoms with Gasteiger partial charge in [0.2, 0.25) is 0 Å². The van der Waals surface area contributed by atoms with Gasteiger partial charge in [-0.25, -0.2) is 0 Å². The number of nitrogens with zero attached hydrogens (tertiary/aromatic N) is 1. The van der Waals surface area contributed by atoms with E-state index in [0.717, 1.165) is 29.5 Å². The third kappa shape index (κ3) is 4.67. The SMILES string of the molecule is COc1ccc(CN(C)CCC(C)O)c(Br)c1OC. The van der Waals surface area contributed by atoms with E-state index >= 15 is 0 Å². The molecule has 0 aliphatic heterocycles. The summed E-state index contributed by atoms with van der Waals surface area (Å²) >= 11 is 3.56. The molecule has 1 aromatic rings. The van der Waals surface area contributed by atoms with E-state index in [1.807, 2.05) is 19.2 Å². The van der Waals surface area contributed by atoms with Crippen molar-refractivity contribution in [2.75, 3.05) is 27.8 Å². The Morgan fingerprint density at radius 1 is 1.32 bits per heavy atom. The molecule has 0 aliphatic carbocycles. The molecule has 0 saturated heterocycles. The van der Waals surface area contributed by atoms with Gasteiger partial charge in [0.25, 0.3) is 0 Å². The minimum atomic E-state index is -0.267. The van der Waals surface area contributed by atoms with E-state index in [1.165, 1.54) is 0 Å².